The molecule has 120 valence electrons. The molecule has 3 atom stereocenters. The molecule has 5 nitrogen and oxygen atoms in total. The molecule has 1 aromatic rings. The third kappa shape index (κ3) is 4.21. The summed E-state index contributed by atoms with van der Waals surface area (Å²) in [6, 6.07) is 10.3. The summed E-state index contributed by atoms with van der Waals surface area (Å²) in [5, 5.41) is 5.98. The van der Waals surface area contributed by atoms with Gasteiger partial charge in [-0.3, -0.25) is 0 Å². The Bertz CT molecular complexity index is 480. The van der Waals surface area contributed by atoms with Crippen LogP contribution >= 0.6 is 0 Å². The molecule has 2 amide bonds. The maximum atomic E-state index is 12.0. The highest BCUT2D eigenvalue weighted by Gasteiger charge is 2.34. The molecule has 1 aliphatic heterocycles. The van der Waals surface area contributed by atoms with E-state index in [4.69, 9.17) is 9.47 Å². The number of rotatable bonds is 4. The monoisotopic (exact) mass is 304 g/mol. The van der Waals surface area contributed by atoms with Crippen LogP contribution in [0.4, 0.5) is 4.79 Å². The summed E-state index contributed by atoms with van der Waals surface area (Å²) in [5.41, 5.74) is 1.23. The van der Waals surface area contributed by atoms with Gasteiger partial charge in [-0.2, -0.15) is 0 Å². The second kappa shape index (κ2) is 7.61. The van der Waals surface area contributed by atoms with Gasteiger partial charge < -0.3 is 20.1 Å². The summed E-state index contributed by atoms with van der Waals surface area (Å²) in [5.74, 6) is 0. The summed E-state index contributed by atoms with van der Waals surface area (Å²) in [6.07, 6.45) is 3.96. The van der Waals surface area contributed by atoms with Gasteiger partial charge in [0.25, 0.3) is 0 Å². The van der Waals surface area contributed by atoms with Crippen molar-refractivity contribution < 1.29 is 14.3 Å². The smallest absolute Gasteiger partial charge is 0.315 e. The Labute approximate surface area is 131 Å². The summed E-state index contributed by atoms with van der Waals surface area (Å²) in [6.45, 7) is 2.00. The highest BCUT2D eigenvalue weighted by atomic mass is 16.6. The molecular formula is C17H24N2O3. The van der Waals surface area contributed by atoms with Crippen LogP contribution in [-0.4, -0.2) is 44.0 Å². The second-order valence-corrected chi connectivity index (χ2v) is 5.96. The van der Waals surface area contributed by atoms with Crippen LogP contribution in [-0.2, 0) is 15.9 Å². The normalized spacial score (nSPS) is 27.7. The summed E-state index contributed by atoms with van der Waals surface area (Å²) in [4.78, 5) is 12.0. The zero-order valence-corrected chi connectivity index (χ0v) is 12.8. The number of carbonyl (C=O) groups is 1. The zero-order valence-electron chi connectivity index (χ0n) is 12.8. The molecule has 0 unspecified atom stereocenters. The summed E-state index contributed by atoms with van der Waals surface area (Å²) in [7, 11) is 0. The van der Waals surface area contributed by atoms with Crippen molar-refractivity contribution in [1.29, 1.82) is 0 Å². The van der Waals surface area contributed by atoms with Crippen LogP contribution in [0, 0.1) is 0 Å². The minimum absolute atomic E-state index is 0.0869. The van der Waals surface area contributed by atoms with Crippen molar-refractivity contribution in [1.82, 2.24) is 10.6 Å². The van der Waals surface area contributed by atoms with Crippen molar-refractivity contribution in [3.05, 3.63) is 35.9 Å². The Kier molecular flexibility index (Phi) is 5.29. The maximum Gasteiger partial charge on any atom is 0.315 e. The van der Waals surface area contributed by atoms with E-state index in [9.17, 15) is 4.79 Å². The molecule has 2 N–H and O–H groups in total. The van der Waals surface area contributed by atoms with Crippen LogP contribution in [0.3, 0.4) is 0 Å². The Hall–Kier alpha value is -1.59. The first-order valence-electron chi connectivity index (χ1n) is 8.13. The largest absolute Gasteiger partial charge is 0.373 e. The van der Waals surface area contributed by atoms with Gasteiger partial charge in [0.05, 0.1) is 25.4 Å². The fourth-order valence-corrected chi connectivity index (χ4v) is 3.20. The number of amides is 2. The van der Waals surface area contributed by atoms with E-state index in [0.29, 0.717) is 19.8 Å². The van der Waals surface area contributed by atoms with Gasteiger partial charge in [0, 0.05) is 12.6 Å². The molecule has 2 aliphatic rings. The van der Waals surface area contributed by atoms with E-state index in [1.54, 1.807) is 0 Å². The van der Waals surface area contributed by atoms with E-state index in [2.05, 4.69) is 22.8 Å². The molecule has 3 rings (SSSR count). The van der Waals surface area contributed by atoms with Crippen LogP contribution < -0.4 is 10.6 Å². The Morgan fingerprint density at radius 3 is 2.68 bits per heavy atom. The highest BCUT2D eigenvalue weighted by molar-refractivity contribution is 5.74. The Morgan fingerprint density at radius 1 is 1.09 bits per heavy atom. The molecular weight excluding hydrogens is 280 g/mol. The number of benzene rings is 1. The standard InChI is InChI=1S/C17H24N2O3/c20-17(18-9-8-13-4-2-1-3-5-13)19-14-6-7-15-16(12-14)22-11-10-21-15/h1-5,14-16H,6-12H2,(H2,18,19,20)/t14-,15+,16-/m1/s1. The third-order valence-corrected chi connectivity index (χ3v) is 4.36. The van der Waals surface area contributed by atoms with Crippen molar-refractivity contribution >= 4 is 6.03 Å². The molecule has 1 heterocycles. The minimum Gasteiger partial charge on any atom is -0.373 e. The number of ether oxygens (including phenoxy) is 2. The first-order chi connectivity index (χ1) is 10.8. The Balaban J connectivity index is 1.37. The third-order valence-electron chi connectivity index (χ3n) is 4.36. The van der Waals surface area contributed by atoms with E-state index in [1.165, 1.54) is 5.56 Å². The number of urea groups is 1. The van der Waals surface area contributed by atoms with E-state index in [0.717, 1.165) is 25.7 Å². The minimum atomic E-state index is -0.0869. The van der Waals surface area contributed by atoms with Crippen molar-refractivity contribution in [2.45, 2.75) is 43.9 Å². The first-order valence-corrected chi connectivity index (χ1v) is 8.13. The SMILES string of the molecule is O=C(NCCc1ccccc1)N[C@@H]1CC[C@@H]2OCCO[C@@H]2C1. The number of hydrogen-bond donors (Lipinski definition) is 2. The van der Waals surface area contributed by atoms with Gasteiger partial charge in [-0.15, -0.1) is 0 Å². The van der Waals surface area contributed by atoms with Crippen LogP contribution in [0.25, 0.3) is 0 Å². The fraction of sp³-hybridized carbons (Fsp3) is 0.588. The molecule has 0 bridgehead atoms. The first kappa shape index (κ1) is 15.3. The fourth-order valence-electron chi connectivity index (χ4n) is 3.20. The van der Waals surface area contributed by atoms with E-state index in [-0.39, 0.29) is 24.3 Å². The molecule has 0 radical (unpaired) electrons. The number of nitrogens with one attached hydrogen (secondary N) is 2. The van der Waals surface area contributed by atoms with Gasteiger partial charge in [-0.05, 0) is 31.2 Å². The molecule has 1 saturated heterocycles. The van der Waals surface area contributed by atoms with Crippen molar-refractivity contribution in [3.8, 4) is 0 Å². The lowest BCUT2D eigenvalue weighted by Crippen LogP contribution is -2.51. The van der Waals surface area contributed by atoms with E-state index < -0.39 is 0 Å². The van der Waals surface area contributed by atoms with Crippen LogP contribution in [0.15, 0.2) is 30.3 Å². The number of fused-ring (bicyclic) bond motifs is 1. The Morgan fingerprint density at radius 2 is 1.86 bits per heavy atom. The molecule has 1 aromatic carbocycles. The van der Waals surface area contributed by atoms with Gasteiger partial charge in [0.2, 0.25) is 0 Å². The van der Waals surface area contributed by atoms with Crippen molar-refractivity contribution in [2.24, 2.45) is 0 Å². The zero-order chi connectivity index (χ0) is 15.2. The van der Waals surface area contributed by atoms with Crippen LogP contribution in [0.5, 0.6) is 0 Å². The van der Waals surface area contributed by atoms with Crippen molar-refractivity contribution in [2.75, 3.05) is 19.8 Å². The number of carbonyl (C=O) groups excluding carboxylic acids is 1. The average Bonchev–Trinajstić information content (AvgIpc) is 2.56. The van der Waals surface area contributed by atoms with Crippen molar-refractivity contribution in [3.63, 3.8) is 0 Å². The molecule has 0 aromatic heterocycles. The second-order valence-electron chi connectivity index (χ2n) is 5.96. The summed E-state index contributed by atoms with van der Waals surface area (Å²) >= 11 is 0. The molecule has 22 heavy (non-hydrogen) atoms. The quantitative estimate of drug-likeness (QED) is 0.893. The van der Waals surface area contributed by atoms with Gasteiger partial charge in [0.15, 0.2) is 0 Å². The molecule has 2 fully saturated rings. The number of hydrogen-bond acceptors (Lipinski definition) is 3. The van der Waals surface area contributed by atoms with E-state index in [1.807, 2.05) is 18.2 Å². The maximum absolute atomic E-state index is 12.0. The van der Waals surface area contributed by atoms with Gasteiger partial charge >= 0.3 is 6.03 Å². The lowest BCUT2D eigenvalue weighted by Gasteiger charge is -2.39. The highest BCUT2D eigenvalue weighted by Crippen LogP contribution is 2.26. The van der Waals surface area contributed by atoms with E-state index >= 15 is 0 Å². The van der Waals surface area contributed by atoms with Gasteiger partial charge in [-0.25, -0.2) is 4.79 Å². The predicted molar refractivity (Wildman–Crippen MR) is 83.8 cm³/mol. The molecule has 1 aliphatic carbocycles. The summed E-state index contributed by atoms with van der Waals surface area (Å²) < 4.78 is 11.4. The predicted octanol–water partition coefficient (Wildman–Crippen LogP) is 1.86. The van der Waals surface area contributed by atoms with Crippen LogP contribution in [0.1, 0.15) is 24.8 Å². The topological polar surface area (TPSA) is 59.6 Å². The molecule has 1 saturated carbocycles. The lowest BCUT2D eigenvalue weighted by atomic mass is 9.90. The lowest BCUT2D eigenvalue weighted by molar-refractivity contribution is -0.157. The van der Waals surface area contributed by atoms with Crippen LogP contribution in [0.2, 0.25) is 0 Å². The van der Waals surface area contributed by atoms with Gasteiger partial charge in [0.1, 0.15) is 0 Å². The molecule has 0 spiro atoms. The molecule has 5 heteroatoms. The van der Waals surface area contributed by atoms with Gasteiger partial charge in [-0.1, -0.05) is 30.3 Å². The average molecular weight is 304 g/mol.